The van der Waals surface area contributed by atoms with Crippen molar-refractivity contribution < 1.29 is 0 Å². The zero-order valence-corrected chi connectivity index (χ0v) is 12.4. The van der Waals surface area contributed by atoms with Gasteiger partial charge in [-0.25, -0.2) is 4.52 Å². The van der Waals surface area contributed by atoms with Gasteiger partial charge in [0.1, 0.15) is 0 Å². The summed E-state index contributed by atoms with van der Waals surface area (Å²) < 4.78 is 1.74. The highest BCUT2D eigenvalue weighted by molar-refractivity contribution is 6.30. The Bertz CT molecular complexity index is 588. The summed E-state index contributed by atoms with van der Waals surface area (Å²) in [5.74, 6) is 0.787. The number of hydrogen-bond acceptors (Lipinski definition) is 4. The van der Waals surface area contributed by atoms with E-state index in [1.165, 1.54) is 0 Å². The van der Waals surface area contributed by atoms with Crippen LogP contribution in [0.1, 0.15) is 32.6 Å². The number of rotatable bonds is 3. The van der Waals surface area contributed by atoms with E-state index in [9.17, 15) is 0 Å². The zero-order chi connectivity index (χ0) is 14.1. The lowest BCUT2D eigenvalue weighted by atomic mass is 9.91. The van der Waals surface area contributed by atoms with Gasteiger partial charge in [0, 0.05) is 24.8 Å². The Hall–Kier alpha value is -1.33. The minimum atomic E-state index is 0.359. The highest BCUT2D eigenvalue weighted by Crippen LogP contribution is 2.25. The van der Waals surface area contributed by atoms with Crippen molar-refractivity contribution in [2.24, 2.45) is 5.73 Å². The number of nitrogens with two attached hydrogens (primary N) is 1. The molecule has 0 unspecified atom stereocenters. The van der Waals surface area contributed by atoms with Crippen LogP contribution in [0.4, 0.5) is 5.95 Å². The summed E-state index contributed by atoms with van der Waals surface area (Å²) in [4.78, 5) is 6.89. The van der Waals surface area contributed by atoms with Crippen molar-refractivity contribution in [3.8, 4) is 0 Å². The second-order valence-corrected chi connectivity index (χ2v) is 5.85. The molecule has 0 aromatic carbocycles. The van der Waals surface area contributed by atoms with Crippen molar-refractivity contribution in [2.45, 2.75) is 44.7 Å². The molecule has 0 atom stereocenters. The molecule has 2 N–H and O–H groups in total. The molecule has 1 aliphatic rings. The summed E-state index contributed by atoms with van der Waals surface area (Å²) in [7, 11) is 0. The maximum Gasteiger partial charge on any atom is 0.245 e. The van der Waals surface area contributed by atoms with Crippen molar-refractivity contribution >= 4 is 23.2 Å². The van der Waals surface area contributed by atoms with Crippen LogP contribution in [0.3, 0.4) is 0 Å². The molecule has 108 valence electrons. The summed E-state index contributed by atoms with van der Waals surface area (Å²) in [6.07, 6.45) is 6.19. The van der Waals surface area contributed by atoms with Crippen LogP contribution in [-0.2, 0) is 0 Å². The number of aromatic nitrogens is 3. The SMILES string of the molecule is CCN(c1nc2ccc(Cl)cn2n1)C1CCC(N)CC1. The predicted octanol–water partition coefficient (Wildman–Crippen LogP) is 2.48. The van der Waals surface area contributed by atoms with E-state index in [-0.39, 0.29) is 0 Å². The highest BCUT2D eigenvalue weighted by atomic mass is 35.5. The Balaban J connectivity index is 1.87. The van der Waals surface area contributed by atoms with Crippen molar-refractivity contribution in [1.29, 1.82) is 0 Å². The van der Waals surface area contributed by atoms with Crippen LogP contribution >= 0.6 is 11.6 Å². The van der Waals surface area contributed by atoms with E-state index in [4.69, 9.17) is 17.3 Å². The fourth-order valence-electron chi connectivity index (χ4n) is 2.94. The average molecular weight is 294 g/mol. The zero-order valence-electron chi connectivity index (χ0n) is 11.7. The van der Waals surface area contributed by atoms with Crippen LogP contribution in [0, 0.1) is 0 Å². The molecule has 2 heterocycles. The highest BCUT2D eigenvalue weighted by Gasteiger charge is 2.25. The van der Waals surface area contributed by atoms with Crippen LogP contribution in [0.2, 0.25) is 5.02 Å². The molecule has 0 radical (unpaired) electrons. The Labute approximate surface area is 123 Å². The van der Waals surface area contributed by atoms with E-state index >= 15 is 0 Å². The molecule has 1 aliphatic carbocycles. The lowest BCUT2D eigenvalue weighted by Crippen LogP contribution is -2.41. The quantitative estimate of drug-likeness (QED) is 0.944. The van der Waals surface area contributed by atoms with Gasteiger partial charge < -0.3 is 10.6 Å². The van der Waals surface area contributed by atoms with Crippen molar-refractivity contribution in [3.05, 3.63) is 23.4 Å². The van der Waals surface area contributed by atoms with Gasteiger partial charge in [-0.3, -0.25) is 0 Å². The van der Waals surface area contributed by atoms with Crippen LogP contribution in [0.25, 0.3) is 5.65 Å². The first-order chi connectivity index (χ1) is 9.67. The first kappa shape index (κ1) is 13.6. The molecule has 3 rings (SSSR count). The first-order valence-corrected chi connectivity index (χ1v) is 7.59. The fourth-order valence-corrected chi connectivity index (χ4v) is 3.10. The van der Waals surface area contributed by atoms with Gasteiger partial charge in [-0.2, -0.15) is 4.98 Å². The van der Waals surface area contributed by atoms with E-state index in [1.807, 2.05) is 12.1 Å². The molecule has 6 heteroatoms. The molecular weight excluding hydrogens is 274 g/mol. The minimum Gasteiger partial charge on any atom is -0.337 e. The number of anilines is 1. The van der Waals surface area contributed by atoms with Gasteiger partial charge in [0.05, 0.1) is 5.02 Å². The van der Waals surface area contributed by atoms with Gasteiger partial charge in [0.15, 0.2) is 5.65 Å². The Morgan fingerprint density at radius 3 is 2.80 bits per heavy atom. The largest absolute Gasteiger partial charge is 0.337 e. The third-order valence-corrected chi connectivity index (χ3v) is 4.29. The third kappa shape index (κ3) is 2.60. The van der Waals surface area contributed by atoms with E-state index < -0.39 is 0 Å². The van der Waals surface area contributed by atoms with E-state index in [0.717, 1.165) is 43.8 Å². The number of nitrogens with zero attached hydrogens (tertiary/aromatic N) is 4. The molecule has 2 aromatic heterocycles. The second kappa shape index (κ2) is 5.58. The lowest BCUT2D eigenvalue weighted by molar-refractivity contribution is 0.375. The molecule has 1 saturated carbocycles. The predicted molar refractivity (Wildman–Crippen MR) is 81.2 cm³/mol. The van der Waals surface area contributed by atoms with Crippen LogP contribution in [-0.4, -0.2) is 33.2 Å². The Morgan fingerprint density at radius 2 is 2.10 bits per heavy atom. The molecule has 20 heavy (non-hydrogen) atoms. The Kier molecular flexibility index (Phi) is 3.81. The smallest absolute Gasteiger partial charge is 0.245 e. The molecule has 0 spiro atoms. The van der Waals surface area contributed by atoms with E-state index in [1.54, 1.807) is 10.7 Å². The van der Waals surface area contributed by atoms with E-state index in [0.29, 0.717) is 17.1 Å². The average Bonchev–Trinajstić information content (AvgIpc) is 2.84. The molecule has 5 nitrogen and oxygen atoms in total. The molecular formula is C14H20ClN5. The van der Waals surface area contributed by atoms with Gasteiger partial charge in [-0.05, 0) is 44.7 Å². The number of pyridine rings is 1. The molecule has 1 fully saturated rings. The summed E-state index contributed by atoms with van der Waals surface area (Å²) in [5, 5.41) is 5.22. The minimum absolute atomic E-state index is 0.359. The third-order valence-electron chi connectivity index (χ3n) is 4.06. The summed E-state index contributed by atoms with van der Waals surface area (Å²) in [6.45, 7) is 3.05. The van der Waals surface area contributed by atoms with Gasteiger partial charge in [0.2, 0.25) is 5.95 Å². The molecule has 0 aliphatic heterocycles. The number of fused-ring (bicyclic) bond motifs is 1. The summed E-state index contributed by atoms with van der Waals surface area (Å²) in [5.41, 5.74) is 6.82. The van der Waals surface area contributed by atoms with Gasteiger partial charge >= 0.3 is 0 Å². The molecule has 0 saturated heterocycles. The van der Waals surface area contributed by atoms with Crippen molar-refractivity contribution in [3.63, 3.8) is 0 Å². The Morgan fingerprint density at radius 1 is 1.35 bits per heavy atom. The maximum atomic E-state index is 5.99. The van der Waals surface area contributed by atoms with Crippen LogP contribution < -0.4 is 10.6 Å². The first-order valence-electron chi connectivity index (χ1n) is 7.21. The van der Waals surface area contributed by atoms with Crippen molar-refractivity contribution in [2.75, 3.05) is 11.4 Å². The van der Waals surface area contributed by atoms with Gasteiger partial charge in [0.25, 0.3) is 0 Å². The van der Waals surface area contributed by atoms with Crippen LogP contribution in [0.5, 0.6) is 0 Å². The van der Waals surface area contributed by atoms with Gasteiger partial charge in [-0.1, -0.05) is 11.6 Å². The summed E-state index contributed by atoms with van der Waals surface area (Å²) in [6, 6.07) is 4.58. The monoisotopic (exact) mass is 293 g/mol. The van der Waals surface area contributed by atoms with Crippen LogP contribution in [0.15, 0.2) is 18.3 Å². The fraction of sp³-hybridized carbons (Fsp3) is 0.571. The number of hydrogen-bond donors (Lipinski definition) is 1. The maximum absolute atomic E-state index is 5.99. The second-order valence-electron chi connectivity index (χ2n) is 5.42. The van der Waals surface area contributed by atoms with Gasteiger partial charge in [-0.15, -0.1) is 5.10 Å². The molecule has 2 aromatic rings. The number of halogens is 1. The normalized spacial score (nSPS) is 23.1. The van der Waals surface area contributed by atoms with E-state index in [2.05, 4.69) is 21.9 Å². The topological polar surface area (TPSA) is 59.5 Å². The molecule has 0 bridgehead atoms. The molecule has 0 amide bonds. The van der Waals surface area contributed by atoms with Crippen molar-refractivity contribution in [1.82, 2.24) is 14.6 Å². The summed E-state index contributed by atoms with van der Waals surface area (Å²) >= 11 is 5.99. The lowest BCUT2D eigenvalue weighted by Gasteiger charge is -2.34. The standard InChI is InChI=1S/C14H20ClN5/c1-2-19(12-6-4-11(16)5-7-12)14-17-13-8-3-10(15)9-20(13)18-14/h3,8-9,11-12H,2,4-7,16H2,1H3.